The number of ether oxygens (including phenoxy) is 1. The summed E-state index contributed by atoms with van der Waals surface area (Å²) >= 11 is 0. The van der Waals surface area contributed by atoms with Crippen molar-refractivity contribution >= 4 is 5.69 Å². The van der Waals surface area contributed by atoms with Crippen molar-refractivity contribution in [3.8, 4) is 5.75 Å². The maximum atomic E-state index is 5.87. The van der Waals surface area contributed by atoms with Gasteiger partial charge >= 0.3 is 0 Å². The highest BCUT2D eigenvalue weighted by atomic mass is 16.5. The van der Waals surface area contributed by atoms with Crippen LogP contribution in [0.3, 0.4) is 0 Å². The summed E-state index contributed by atoms with van der Waals surface area (Å²) in [6.45, 7) is 4.61. The molecule has 88 valence electrons. The number of benzene rings is 2. The predicted octanol–water partition coefficient (Wildman–Crippen LogP) is 3.46. The average Bonchev–Trinajstić information content (AvgIpc) is 2.32. The van der Waals surface area contributed by atoms with Crippen molar-refractivity contribution in [1.29, 1.82) is 0 Å². The molecule has 0 amide bonds. The van der Waals surface area contributed by atoms with E-state index in [0.717, 1.165) is 22.6 Å². The summed E-state index contributed by atoms with van der Waals surface area (Å²) < 4.78 is 5.80. The van der Waals surface area contributed by atoms with Crippen LogP contribution in [0.5, 0.6) is 5.75 Å². The van der Waals surface area contributed by atoms with Crippen LogP contribution in [0.4, 0.5) is 5.69 Å². The Kier molecular flexibility index (Phi) is 3.33. The Bertz CT molecular complexity index is 520. The van der Waals surface area contributed by atoms with Crippen molar-refractivity contribution in [2.75, 3.05) is 5.73 Å². The lowest BCUT2D eigenvalue weighted by molar-refractivity contribution is 0.304. The minimum absolute atomic E-state index is 0.511. The molecule has 0 atom stereocenters. The van der Waals surface area contributed by atoms with E-state index in [1.165, 1.54) is 5.56 Å². The number of rotatable bonds is 3. The second-order valence-corrected chi connectivity index (χ2v) is 4.26. The molecule has 2 nitrogen and oxygen atoms in total. The van der Waals surface area contributed by atoms with Gasteiger partial charge in [0.1, 0.15) is 12.4 Å². The Hall–Kier alpha value is -1.96. The van der Waals surface area contributed by atoms with E-state index in [4.69, 9.17) is 10.5 Å². The lowest BCUT2D eigenvalue weighted by atomic mass is 10.1. The Morgan fingerprint density at radius 2 is 1.82 bits per heavy atom. The zero-order valence-electron chi connectivity index (χ0n) is 10.2. The third kappa shape index (κ3) is 2.78. The summed E-state index contributed by atoms with van der Waals surface area (Å²) in [6.07, 6.45) is 0. The van der Waals surface area contributed by atoms with Gasteiger partial charge in [-0.1, -0.05) is 30.3 Å². The molecule has 2 rings (SSSR count). The van der Waals surface area contributed by atoms with Gasteiger partial charge in [0.2, 0.25) is 0 Å². The van der Waals surface area contributed by atoms with Gasteiger partial charge in [-0.2, -0.15) is 0 Å². The minimum atomic E-state index is 0.511. The van der Waals surface area contributed by atoms with Crippen LogP contribution in [0.1, 0.15) is 16.7 Å². The first-order valence-corrected chi connectivity index (χ1v) is 5.70. The minimum Gasteiger partial charge on any atom is -0.489 e. The first-order chi connectivity index (χ1) is 8.16. The fraction of sp³-hybridized carbons (Fsp3) is 0.200. The molecule has 0 spiro atoms. The van der Waals surface area contributed by atoms with Gasteiger partial charge < -0.3 is 10.5 Å². The number of para-hydroxylation sites is 1. The Balaban J connectivity index is 2.12. The van der Waals surface area contributed by atoms with Crippen molar-refractivity contribution in [2.24, 2.45) is 0 Å². The quantitative estimate of drug-likeness (QED) is 0.815. The van der Waals surface area contributed by atoms with Gasteiger partial charge in [0.25, 0.3) is 0 Å². The molecule has 0 aliphatic carbocycles. The second-order valence-electron chi connectivity index (χ2n) is 4.26. The molecular formula is C15H17NO. The van der Waals surface area contributed by atoms with Crippen LogP contribution < -0.4 is 10.5 Å². The van der Waals surface area contributed by atoms with E-state index in [1.54, 1.807) is 0 Å². The summed E-state index contributed by atoms with van der Waals surface area (Å²) in [5.41, 5.74) is 10.0. The van der Waals surface area contributed by atoms with Crippen molar-refractivity contribution in [1.82, 2.24) is 0 Å². The molecule has 0 radical (unpaired) electrons. The van der Waals surface area contributed by atoms with Gasteiger partial charge in [0, 0.05) is 11.3 Å². The fourth-order valence-electron chi connectivity index (χ4n) is 1.68. The van der Waals surface area contributed by atoms with Crippen LogP contribution in [0, 0.1) is 13.8 Å². The third-order valence-electron chi connectivity index (χ3n) is 2.78. The number of anilines is 1. The van der Waals surface area contributed by atoms with Gasteiger partial charge in [0.15, 0.2) is 0 Å². The van der Waals surface area contributed by atoms with E-state index in [1.807, 2.05) is 31.2 Å². The van der Waals surface area contributed by atoms with Crippen LogP contribution >= 0.6 is 0 Å². The molecule has 17 heavy (non-hydrogen) atoms. The average molecular weight is 227 g/mol. The van der Waals surface area contributed by atoms with Crippen LogP contribution in [0.15, 0.2) is 42.5 Å². The molecule has 0 unspecified atom stereocenters. The van der Waals surface area contributed by atoms with E-state index < -0.39 is 0 Å². The van der Waals surface area contributed by atoms with Crippen molar-refractivity contribution in [3.05, 3.63) is 59.2 Å². The molecular weight excluding hydrogens is 210 g/mol. The van der Waals surface area contributed by atoms with E-state index >= 15 is 0 Å². The molecule has 0 bridgehead atoms. The molecule has 0 aromatic heterocycles. The molecule has 2 N–H and O–H groups in total. The zero-order chi connectivity index (χ0) is 12.3. The van der Waals surface area contributed by atoms with Crippen LogP contribution in [0.2, 0.25) is 0 Å². The van der Waals surface area contributed by atoms with E-state index in [2.05, 4.69) is 25.1 Å². The van der Waals surface area contributed by atoms with Gasteiger partial charge in [0.05, 0.1) is 0 Å². The maximum Gasteiger partial charge on any atom is 0.122 e. The Labute approximate surface area is 102 Å². The molecule has 2 aromatic carbocycles. The van der Waals surface area contributed by atoms with E-state index in [9.17, 15) is 0 Å². The van der Waals surface area contributed by atoms with Gasteiger partial charge in [-0.05, 0) is 37.1 Å². The predicted molar refractivity (Wildman–Crippen MR) is 71.1 cm³/mol. The number of hydrogen-bond donors (Lipinski definition) is 1. The molecule has 0 saturated carbocycles. The summed E-state index contributed by atoms with van der Waals surface area (Å²) in [7, 11) is 0. The van der Waals surface area contributed by atoms with Crippen molar-refractivity contribution in [3.63, 3.8) is 0 Å². The van der Waals surface area contributed by atoms with Crippen molar-refractivity contribution in [2.45, 2.75) is 20.5 Å². The number of hydrogen-bond acceptors (Lipinski definition) is 2. The van der Waals surface area contributed by atoms with Crippen LogP contribution in [-0.2, 0) is 6.61 Å². The first kappa shape index (κ1) is 11.5. The molecule has 0 fully saturated rings. The number of nitrogens with two attached hydrogens (primary N) is 1. The summed E-state index contributed by atoms with van der Waals surface area (Å²) in [6, 6.07) is 14.0. The first-order valence-electron chi connectivity index (χ1n) is 5.70. The molecule has 0 heterocycles. The summed E-state index contributed by atoms with van der Waals surface area (Å²) in [5, 5.41) is 0. The highest BCUT2D eigenvalue weighted by Crippen LogP contribution is 2.21. The highest BCUT2D eigenvalue weighted by Gasteiger charge is 2.02. The Morgan fingerprint density at radius 1 is 1.06 bits per heavy atom. The highest BCUT2D eigenvalue weighted by molar-refractivity contribution is 5.46. The smallest absolute Gasteiger partial charge is 0.122 e. The lowest BCUT2D eigenvalue weighted by Crippen LogP contribution is -2.00. The number of nitrogen functional groups attached to an aromatic ring is 1. The number of aryl methyl sites for hydroxylation is 2. The SMILES string of the molecule is Cc1ccc(C)c(OCc2ccccc2N)c1. The van der Waals surface area contributed by atoms with E-state index in [0.29, 0.717) is 6.61 Å². The van der Waals surface area contributed by atoms with Gasteiger partial charge in [-0.25, -0.2) is 0 Å². The van der Waals surface area contributed by atoms with Crippen molar-refractivity contribution < 1.29 is 4.74 Å². The van der Waals surface area contributed by atoms with Crippen LogP contribution in [-0.4, -0.2) is 0 Å². The largest absolute Gasteiger partial charge is 0.489 e. The maximum absolute atomic E-state index is 5.87. The molecule has 0 saturated heterocycles. The standard InChI is InChI=1S/C15H17NO/c1-11-7-8-12(2)15(9-11)17-10-13-5-3-4-6-14(13)16/h3-9H,10,16H2,1-2H3. The summed E-state index contributed by atoms with van der Waals surface area (Å²) in [4.78, 5) is 0. The molecule has 0 aliphatic rings. The normalized spacial score (nSPS) is 10.2. The Morgan fingerprint density at radius 3 is 2.59 bits per heavy atom. The molecule has 0 aliphatic heterocycles. The monoisotopic (exact) mass is 227 g/mol. The molecule has 2 heteroatoms. The summed E-state index contributed by atoms with van der Waals surface area (Å²) in [5.74, 6) is 0.924. The topological polar surface area (TPSA) is 35.2 Å². The van der Waals surface area contributed by atoms with Gasteiger partial charge in [-0.3, -0.25) is 0 Å². The zero-order valence-corrected chi connectivity index (χ0v) is 10.2. The fourth-order valence-corrected chi connectivity index (χ4v) is 1.68. The van der Waals surface area contributed by atoms with E-state index in [-0.39, 0.29) is 0 Å². The molecule has 2 aromatic rings. The lowest BCUT2D eigenvalue weighted by Gasteiger charge is -2.11. The van der Waals surface area contributed by atoms with Crippen LogP contribution in [0.25, 0.3) is 0 Å². The van der Waals surface area contributed by atoms with Gasteiger partial charge in [-0.15, -0.1) is 0 Å². The third-order valence-corrected chi connectivity index (χ3v) is 2.78. The second kappa shape index (κ2) is 4.91.